The summed E-state index contributed by atoms with van der Waals surface area (Å²) >= 11 is 6.22. The SMILES string of the molecule is C=CCN(c1c(Cl)cccc1CO)C1CC1. The number of para-hydroxylation sites is 1. The lowest BCUT2D eigenvalue weighted by Crippen LogP contribution is -2.27. The molecule has 1 aromatic carbocycles. The summed E-state index contributed by atoms with van der Waals surface area (Å²) in [5, 5.41) is 10.1. The monoisotopic (exact) mass is 237 g/mol. The van der Waals surface area contributed by atoms with Gasteiger partial charge in [-0.2, -0.15) is 0 Å². The predicted molar refractivity (Wildman–Crippen MR) is 67.9 cm³/mol. The molecular weight excluding hydrogens is 222 g/mol. The van der Waals surface area contributed by atoms with Crippen molar-refractivity contribution in [2.45, 2.75) is 25.5 Å². The van der Waals surface area contributed by atoms with Crippen LogP contribution in [0.1, 0.15) is 18.4 Å². The lowest BCUT2D eigenvalue weighted by Gasteiger charge is -2.26. The standard InChI is InChI=1S/C13H16ClNO/c1-2-8-15(11-6-7-11)13-10(9-16)4-3-5-12(13)14/h2-5,11,16H,1,6-9H2. The Labute approximate surface area is 101 Å². The molecule has 1 saturated carbocycles. The molecule has 0 bridgehead atoms. The number of hydrogen-bond acceptors (Lipinski definition) is 2. The highest BCUT2D eigenvalue weighted by Crippen LogP contribution is 2.37. The van der Waals surface area contributed by atoms with Gasteiger partial charge < -0.3 is 10.0 Å². The van der Waals surface area contributed by atoms with Crippen molar-refractivity contribution in [1.82, 2.24) is 0 Å². The van der Waals surface area contributed by atoms with E-state index in [0.29, 0.717) is 11.1 Å². The van der Waals surface area contributed by atoms with Gasteiger partial charge in [0.1, 0.15) is 0 Å². The minimum atomic E-state index is 0.0241. The van der Waals surface area contributed by atoms with Gasteiger partial charge >= 0.3 is 0 Å². The van der Waals surface area contributed by atoms with Crippen LogP contribution in [0.4, 0.5) is 5.69 Å². The molecule has 0 amide bonds. The summed E-state index contributed by atoms with van der Waals surface area (Å²) in [6, 6.07) is 6.22. The van der Waals surface area contributed by atoms with Crippen molar-refractivity contribution >= 4 is 17.3 Å². The van der Waals surface area contributed by atoms with E-state index in [1.54, 1.807) is 0 Å². The second kappa shape index (κ2) is 4.89. The van der Waals surface area contributed by atoms with Crippen LogP contribution in [0, 0.1) is 0 Å². The Morgan fingerprint density at radius 3 is 2.81 bits per heavy atom. The van der Waals surface area contributed by atoms with Crippen molar-refractivity contribution < 1.29 is 5.11 Å². The molecule has 1 aliphatic rings. The third kappa shape index (κ3) is 2.23. The number of aliphatic hydroxyl groups is 1. The molecule has 0 aromatic heterocycles. The average Bonchev–Trinajstić information content (AvgIpc) is 3.10. The minimum Gasteiger partial charge on any atom is -0.392 e. The molecular formula is C13H16ClNO. The molecule has 16 heavy (non-hydrogen) atoms. The summed E-state index contributed by atoms with van der Waals surface area (Å²) in [6.07, 6.45) is 4.27. The molecule has 1 N–H and O–H groups in total. The first-order chi connectivity index (χ1) is 7.77. The largest absolute Gasteiger partial charge is 0.392 e. The fraction of sp³-hybridized carbons (Fsp3) is 0.385. The zero-order valence-electron chi connectivity index (χ0n) is 9.19. The Morgan fingerprint density at radius 1 is 1.50 bits per heavy atom. The van der Waals surface area contributed by atoms with Crippen molar-refractivity contribution in [3.63, 3.8) is 0 Å². The zero-order chi connectivity index (χ0) is 11.5. The Kier molecular flexibility index (Phi) is 3.52. The lowest BCUT2D eigenvalue weighted by molar-refractivity contribution is 0.282. The van der Waals surface area contributed by atoms with E-state index in [0.717, 1.165) is 17.8 Å². The molecule has 0 heterocycles. The van der Waals surface area contributed by atoms with Crippen molar-refractivity contribution in [1.29, 1.82) is 0 Å². The van der Waals surface area contributed by atoms with Gasteiger partial charge in [-0.15, -0.1) is 6.58 Å². The molecule has 86 valence electrons. The molecule has 1 fully saturated rings. The van der Waals surface area contributed by atoms with Crippen LogP contribution in [-0.4, -0.2) is 17.7 Å². The van der Waals surface area contributed by atoms with Crippen molar-refractivity contribution in [2.75, 3.05) is 11.4 Å². The Morgan fingerprint density at radius 2 is 2.25 bits per heavy atom. The number of aliphatic hydroxyl groups excluding tert-OH is 1. The highest BCUT2D eigenvalue weighted by atomic mass is 35.5. The van der Waals surface area contributed by atoms with Crippen LogP contribution in [0.25, 0.3) is 0 Å². The van der Waals surface area contributed by atoms with Crippen molar-refractivity contribution in [3.05, 3.63) is 41.4 Å². The highest BCUT2D eigenvalue weighted by molar-refractivity contribution is 6.33. The first-order valence-corrected chi connectivity index (χ1v) is 5.91. The van der Waals surface area contributed by atoms with Gasteiger partial charge in [-0.1, -0.05) is 29.8 Å². The van der Waals surface area contributed by atoms with Gasteiger partial charge in [0.2, 0.25) is 0 Å². The summed E-state index contributed by atoms with van der Waals surface area (Å²) in [5.41, 5.74) is 1.86. The number of hydrogen-bond donors (Lipinski definition) is 1. The fourth-order valence-corrected chi connectivity index (χ4v) is 2.26. The van der Waals surface area contributed by atoms with Crippen molar-refractivity contribution in [3.8, 4) is 0 Å². The number of halogens is 1. The quantitative estimate of drug-likeness (QED) is 0.796. The fourth-order valence-electron chi connectivity index (χ4n) is 1.96. The summed E-state index contributed by atoms with van der Waals surface area (Å²) in [4.78, 5) is 2.24. The maximum absolute atomic E-state index is 9.35. The molecule has 1 aromatic rings. The first kappa shape index (κ1) is 11.5. The first-order valence-electron chi connectivity index (χ1n) is 5.53. The third-order valence-corrected chi connectivity index (χ3v) is 3.15. The topological polar surface area (TPSA) is 23.5 Å². The van der Waals surface area contributed by atoms with Crippen LogP contribution >= 0.6 is 11.6 Å². The summed E-state index contributed by atoms with van der Waals surface area (Å²) < 4.78 is 0. The van der Waals surface area contributed by atoms with E-state index in [9.17, 15) is 5.11 Å². The van der Waals surface area contributed by atoms with E-state index in [4.69, 9.17) is 11.6 Å². The molecule has 0 radical (unpaired) electrons. The molecule has 0 saturated heterocycles. The smallest absolute Gasteiger partial charge is 0.0702 e. The van der Waals surface area contributed by atoms with Gasteiger partial charge in [-0.3, -0.25) is 0 Å². The molecule has 0 aliphatic heterocycles. The second-order valence-electron chi connectivity index (χ2n) is 4.08. The van der Waals surface area contributed by atoms with Crippen LogP contribution < -0.4 is 4.90 Å². The lowest BCUT2D eigenvalue weighted by atomic mass is 10.1. The second-order valence-corrected chi connectivity index (χ2v) is 4.49. The molecule has 0 spiro atoms. The van der Waals surface area contributed by atoms with Gasteiger partial charge in [-0.05, 0) is 18.9 Å². The third-order valence-electron chi connectivity index (χ3n) is 2.84. The minimum absolute atomic E-state index is 0.0241. The van der Waals surface area contributed by atoms with Gasteiger partial charge in [-0.25, -0.2) is 0 Å². The number of anilines is 1. The van der Waals surface area contributed by atoms with E-state index in [1.165, 1.54) is 12.8 Å². The van der Waals surface area contributed by atoms with Crippen LogP contribution in [0.3, 0.4) is 0 Å². The normalized spacial score (nSPS) is 14.9. The Bertz CT molecular complexity index is 388. The van der Waals surface area contributed by atoms with E-state index in [2.05, 4.69) is 11.5 Å². The van der Waals surface area contributed by atoms with E-state index < -0.39 is 0 Å². The molecule has 2 rings (SSSR count). The Balaban J connectivity index is 2.38. The molecule has 2 nitrogen and oxygen atoms in total. The van der Waals surface area contributed by atoms with Gasteiger partial charge in [0.25, 0.3) is 0 Å². The predicted octanol–water partition coefficient (Wildman–Crippen LogP) is 2.99. The van der Waals surface area contributed by atoms with Gasteiger partial charge in [0.05, 0.1) is 17.3 Å². The maximum Gasteiger partial charge on any atom is 0.0702 e. The Hall–Kier alpha value is -0.990. The number of benzene rings is 1. The summed E-state index contributed by atoms with van der Waals surface area (Å²) in [6.45, 7) is 4.58. The summed E-state index contributed by atoms with van der Waals surface area (Å²) in [5.74, 6) is 0. The van der Waals surface area contributed by atoms with Gasteiger partial charge in [0.15, 0.2) is 0 Å². The molecule has 0 unspecified atom stereocenters. The van der Waals surface area contributed by atoms with Crippen LogP contribution in [0.15, 0.2) is 30.9 Å². The number of rotatable bonds is 5. The zero-order valence-corrected chi connectivity index (χ0v) is 9.95. The van der Waals surface area contributed by atoms with Crippen molar-refractivity contribution in [2.24, 2.45) is 0 Å². The van der Waals surface area contributed by atoms with E-state index >= 15 is 0 Å². The van der Waals surface area contributed by atoms with Crippen LogP contribution in [0.2, 0.25) is 5.02 Å². The van der Waals surface area contributed by atoms with Gasteiger partial charge in [0, 0.05) is 18.2 Å². The van der Waals surface area contributed by atoms with Crippen LogP contribution in [0.5, 0.6) is 0 Å². The molecule has 3 heteroatoms. The van der Waals surface area contributed by atoms with E-state index in [1.807, 2.05) is 24.3 Å². The average molecular weight is 238 g/mol. The highest BCUT2D eigenvalue weighted by Gasteiger charge is 2.30. The van der Waals surface area contributed by atoms with Crippen LogP contribution in [-0.2, 0) is 6.61 Å². The summed E-state index contributed by atoms with van der Waals surface area (Å²) in [7, 11) is 0. The maximum atomic E-state index is 9.35. The number of nitrogens with zero attached hydrogens (tertiary/aromatic N) is 1. The molecule has 1 aliphatic carbocycles. The van der Waals surface area contributed by atoms with E-state index in [-0.39, 0.29) is 6.61 Å². The molecule has 0 atom stereocenters.